The van der Waals surface area contributed by atoms with E-state index in [4.69, 9.17) is 9.47 Å². The number of nitrogens with zero attached hydrogens (tertiary/aromatic N) is 3. The number of rotatable bonds is 9. The Balaban J connectivity index is 1.46. The number of carbonyl (C=O) groups excluding carboxylic acids is 1. The molecule has 11 heteroatoms. The summed E-state index contributed by atoms with van der Waals surface area (Å²) in [5, 5.41) is 7.04. The summed E-state index contributed by atoms with van der Waals surface area (Å²) in [5.41, 5.74) is 3.86. The SMILES string of the molecule is CC(C)CCN1CCOCCOc2ccc(C(=O)NCCn3nccc3NS(C)(=O)=O)cc2Cc2cccc(c2)C1. The first kappa shape index (κ1) is 30.5. The zero-order valence-electron chi connectivity index (χ0n) is 24.1. The van der Waals surface area contributed by atoms with Crippen LogP contribution in [0.15, 0.2) is 54.7 Å². The number of benzene rings is 2. The molecule has 0 radical (unpaired) electrons. The van der Waals surface area contributed by atoms with Crippen molar-refractivity contribution in [1.82, 2.24) is 20.0 Å². The highest BCUT2D eigenvalue weighted by molar-refractivity contribution is 7.92. The van der Waals surface area contributed by atoms with Crippen LogP contribution in [0.3, 0.4) is 0 Å². The number of amides is 1. The van der Waals surface area contributed by atoms with E-state index in [2.05, 4.69) is 58.2 Å². The van der Waals surface area contributed by atoms with Crippen LogP contribution >= 0.6 is 0 Å². The molecule has 2 N–H and O–H groups in total. The van der Waals surface area contributed by atoms with Gasteiger partial charge in [-0.1, -0.05) is 38.1 Å². The second-order valence-electron chi connectivity index (χ2n) is 10.8. The third-order valence-corrected chi connectivity index (χ3v) is 7.37. The molecule has 0 spiro atoms. The van der Waals surface area contributed by atoms with Gasteiger partial charge in [0.15, 0.2) is 0 Å². The third kappa shape index (κ3) is 9.87. The monoisotopic (exact) mass is 583 g/mol. The minimum Gasteiger partial charge on any atom is -0.491 e. The van der Waals surface area contributed by atoms with Crippen molar-refractivity contribution in [1.29, 1.82) is 0 Å². The highest BCUT2D eigenvalue weighted by Crippen LogP contribution is 2.25. The molecule has 2 aromatic carbocycles. The molecular formula is C30H41N5O5S. The minimum absolute atomic E-state index is 0.227. The zero-order chi connectivity index (χ0) is 29.2. The molecule has 1 aromatic heterocycles. The molecule has 0 fully saturated rings. The second-order valence-corrected chi connectivity index (χ2v) is 12.6. The molecule has 2 heterocycles. The largest absolute Gasteiger partial charge is 0.491 e. The molecule has 0 unspecified atom stereocenters. The quantitative estimate of drug-likeness (QED) is 0.396. The molecular weight excluding hydrogens is 542 g/mol. The molecule has 3 aromatic rings. The van der Waals surface area contributed by atoms with E-state index in [0.29, 0.717) is 50.1 Å². The lowest BCUT2D eigenvalue weighted by Crippen LogP contribution is -2.29. The standard InChI is InChI=1S/C30H41N5O5S/c1-23(2)10-13-34-15-16-39-17-18-40-28-8-7-26(21-27(28)20-24-5-4-6-25(19-24)22-34)30(36)31-12-14-35-29(9-11-32-35)33-41(3,37)38/h4-9,11,19,21,23,33H,10,12-18,20,22H2,1-3H3,(H,31,36). The van der Waals surface area contributed by atoms with Gasteiger partial charge >= 0.3 is 0 Å². The van der Waals surface area contributed by atoms with Crippen molar-refractivity contribution in [2.75, 3.05) is 50.4 Å². The maximum Gasteiger partial charge on any atom is 0.251 e. The van der Waals surface area contributed by atoms with Gasteiger partial charge in [0.1, 0.15) is 18.2 Å². The van der Waals surface area contributed by atoms with Crippen molar-refractivity contribution in [3.8, 4) is 5.75 Å². The first-order chi connectivity index (χ1) is 19.7. The number of anilines is 1. The number of carbonyl (C=O) groups is 1. The van der Waals surface area contributed by atoms with Crippen LogP contribution in [-0.2, 0) is 34.3 Å². The lowest BCUT2D eigenvalue weighted by Gasteiger charge is -2.24. The number of aromatic nitrogens is 2. The zero-order valence-corrected chi connectivity index (χ0v) is 25.0. The van der Waals surface area contributed by atoms with Gasteiger partial charge in [0, 0.05) is 37.7 Å². The molecule has 222 valence electrons. The van der Waals surface area contributed by atoms with Gasteiger partial charge in [-0.05, 0) is 53.8 Å². The minimum atomic E-state index is -3.43. The average Bonchev–Trinajstić information content (AvgIpc) is 3.34. The number of ether oxygens (including phenoxy) is 2. The van der Waals surface area contributed by atoms with E-state index in [0.717, 1.165) is 49.2 Å². The van der Waals surface area contributed by atoms with Crippen molar-refractivity contribution < 1.29 is 22.7 Å². The van der Waals surface area contributed by atoms with Crippen molar-refractivity contribution in [3.05, 3.63) is 77.0 Å². The summed E-state index contributed by atoms with van der Waals surface area (Å²) in [5.74, 6) is 1.50. The molecule has 4 rings (SSSR count). The summed E-state index contributed by atoms with van der Waals surface area (Å²) in [6.45, 7) is 9.43. The predicted molar refractivity (Wildman–Crippen MR) is 160 cm³/mol. The maximum atomic E-state index is 13.0. The van der Waals surface area contributed by atoms with Gasteiger partial charge in [-0.2, -0.15) is 5.10 Å². The summed E-state index contributed by atoms with van der Waals surface area (Å²) < 4.78 is 39.0. The Labute approximate surface area is 243 Å². The average molecular weight is 584 g/mol. The van der Waals surface area contributed by atoms with Gasteiger partial charge in [0.25, 0.3) is 5.91 Å². The highest BCUT2D eigenvalue weighted by Gasteiger charge is 2.14. The van der Waals surface area contributed by atoms with E-state index in [9.17, 15) is 13.2 Å². The number of sulfonamides is 1. The Morgan fingerprint density at radius 3 is 2.68 bits per heavy atom. The van der Waals surface area contributed by atoms with E-state index in [1.807, 2.05) is 12.1 Å². The van der Waals surface area contributed by atoms with E-state index < -0.39 is 10.0 Å². The predicted octanol–water partition coefficient (Wildman–Crippen LogP) is 3.53. The van der Waals surface area contributed by atoms with Gasteiger partial charge in [-0.15, -0.1) is 0 Å². The third-order valence-electron chi connectivity index (χ3n) is 6.79. The summed E-state index contributed by atoms with van der Waals surface area (Å²) in [4.78, 5) is 15.5. The van der Waals surface area contributed by atoms with Crippen LogP contribution in [-0.4, -0.2) is 74.7 Å². The Bertz CT molecular complexity index is 1410. The van der Waals surface area contributed by atoms with E-state index in [1.165, 1.54) is 16.4 Å². The van der Waals surface area contributed by atoms with E-state index in [-0.39, 0.29) is 12.5 Å². The van der Waals surface area contributed by atoms with Crippen LogP contribution in [0.5, 0.6) is 5.75 Å². The highest BCUT2D eigenvalue weighted by atomic mass is 32.2. The summed E-state index contributed by atoms with van der Waals surface area (Å²) in [6.07, 6.45) is 4.36. The first-order valence-corrected chi connectivity index (χ1v) is 16.0. The number of hydrogen-bond acceptors (Lipinski definition) is 7. The van der Waals surface area contributed by atoms with Gasteiger partial charge in [0.05, 0.1) is 32.2 Å². The Morgan fingerprint density at radius 2 is 1.88 bits per heavy atom. The number of fused-ring (bicyclic) bond motifs is 3. The lowest BCUT2D eigenvalue weighted by molar-refractivity contribution is 0.0764. The van der Waals surface area contributed by atoms with Gasteiger partial charge in [-0.3, -0.25) is 14.4 Å². The molecule has 41 heavy (non-hydrogen) atoms. The van der Waals surface area contributed by atoms with Crippen molar-refractivity contribution in [2.45, 2.75) is 39.8 Å². The van der Waals surface area contributed by atoms with Crippen LogP contribution in [0, 0.1) is 5.92 Å². The Kier molecular flexibility index (Phi) is 10.8. The fourth-order valence-electron chi connectivity index (χ4n) is 4.70. The smallest absolute Gasteiger partial charge is 0.251 e. The Morgan fingerprint density at radius 1 is 1.05 bits per heavy atom. The molecule has 0 aliphatic carbocycles. The van der Waals surface area contributed by atoms with Crippen LogP contribution in [0.25, 0.3) is 0 Å². The molecule has 1 aliphatic heterocycles. The van der Waals surface area contributed by atoms with E-state index in [1.54, 1.807) is 12.1 Å². The van der Waals surface area contributed by atoms with Crippen molar-refractivity contribution >= 4 is 21.7 Å². The Hall–Kier alpha value is -3.41. The second kappa shape index (κ2) is 14.5. The van der Waals surface area contributed by atoms with Gasteiger partial charge in [0.2, 0.25) is 10.0 Å². The maximum absolute atomic E-state index is 13.0. The first-order valence-electron chi connectivity index (χ1n) is 14.1. The van der Waals surface area contributed by atoms with E-state index >= 15 is 0 Å². The van der Waals surface area contributed by atoms with Gasteiger partial charge < -0.3 is 14.8 Å². The molecule has 0 atom stereocenters. The lowest BCUT2D eigenvalue weighted by atomic mass is 9.99. The van der Waals surface area contributed by atoms with Crippen LogP contribution < -0.4 is 14.8 Å². The fourth-order valence-corrected chi connectivity index (χ4v) is 5.25. The molecule has 2 bridgehead atoms. The molecule has 10 nitrogen and oxygen atoms in total. The van der Waals surface area contributed by atoms with Crippen LogP contribution in [0.4, 0.5) is 5.82 Å². The summed E-state index contributed by atoms with van der Waals surface area (Å²) >= 11 is 0. The van der Waals surface area contributed by atoms with Crippen LogP contribution in [0.1, 0.15) is 47.3 Å². The topological polar surface area (TPSA) is 115 Å². The molecule has 1 amide bonds. The molecule has 0 saturated carbocycles. The van der Waals surface area contributed by atoms with Gasteiger partial charge in [-0.25, -0.2) is 13.1 Å². The summed E-state index contributed by atoms with van der Waals surface area (Å²) in [7, 11) is -3.43. The number of hydrogen-bond donors (Lipinski definition) is 2. The van der Waals surface area contributed by atoms with Crippen LogP contribution in [0.2, 0.25) is 0 Å². The van der Waals surface area contributed by atoms with Crippen molar-refractivity contribution in [3.63, 3.8) is 0 Å². The molecule has 1 aliphatic rings. The normalized spacial score (nSPS) is 15.0. The van der Waals surface area contributed by atoms with Crippen molar-refractivity contribution in [2.24, 2.45) is 5.92 Å². The number of nitrogens with one attached hydrogen (secondary N) is 2. The molecule has 0 saturated heterocycles. The summed E-state index contributed by atoms with van der Waals surface area (Å²) in [6, 6.07) is 15.6. The fraction of sp³-hybridized carbons (Fsp3) is 0.467.